The number of hydrogen-bond acceptors (Lipinski definition) is 4. The summed E-state index contributed by atoms with van der Waals surface area (Å²) in [6.07, 6.45) is 3.73. The molecule has 20 heavy (non-hydrogen) atoms. The minimum Gasteiger partial charge on any atom is -0.497 e. The van der Waals surface area contributed by atoms with Crippen LogP contribution in [-0.2, 0) is 4.74 Å². The molecule has 1 aliphatic heterocycles. The van der Waals surface area contributed by atoms with Crippen molar-refractivity contribution in [1.82, 2.24) is 5.32 Å². The third-order valence-electron chi connectivity index (χ3n) is 3.36. The lowest BCUT2D eigenvalue weighted by molar-refractivity contribution is 0.135. The minimum atomic E-state index is 0.303. The topological polar surface area (TPSA) is 39.7 Å². The summed E-state index contributed by atoms with van der Waals surface area (Å²) in [5, 5.41) is 3.52. The highest BCUT2D eigenvalue weighted by molar-refractivity contribution is 5.43. The van der Waals surface area contributed by atoms with E-state index < -0.39 is 0 Å². The van der Waals surface area contributed by atoms with E-state index in [0.29, 0.717) is 12.6 Å². The van der Waals surface area contributed by atoms with Crippen LogP contribution in [-0.4, -0.2) is 33.5 Å². The first-order chi connectivity index (χ1) is 9.85. The molecule has 0 amide bonds. The van der Waals surface area contributed by atoms with Gasteiger partial charge in [0.05, 0.1) is 26.9 Å². The molecule has 2 rings (SSSR count). The molecule has 110 valence electrons. The molecule has 0 fully saturated rings. The van der Waals surface area contributed by atoms with Crippen LogP contribution in [0.15, 0.2) is 30.9 Å². The lowest BCUT2D eigenvalue weighted by Gasteiger charge is -2.27. The molecule has 4 nitrogen and oxygen atoms in total. The van der Waals surface area contributed by atoms with E-state index in [-0.39, 0.29) is 0 Å². The molecule has 1 aliphatic rings. The maximum atomic E-state index is 5.67. The van der Waals surface area contributed by atoms with Crippen LogP contribution in [0.25, 0.3) is 0 Å². The Morgan fingerprint density at radius 3 is 3.15 bits per heavy atom. The van der Waals surface area contributed by atoms with Gasteiger partial charge >= 0.3 is 0 Å². The summed E-state index contributed by atoms with van der Waals surface area (Å²) in [6.45, 7) is 6.70. The average Bonchev–Trinajstić information content (AvgIpc) is 2.50. The fourth-order valence-corrected chi connectivity index (χ4v) is 2.29. The van der Waals surface area contributed by atoms with Crippen molar-refractivity contribution in [2.45, 2.75) is 18.9 Å². The predicted molar refractivity (Wildman–Crippen MR) is 79.5 cm³/mol. The summed E-state index contributed by atoms with van der Waals surface area (Å²) in [4.78, 5) is 0. The van der Waals surface area contributed by atoms with E-state index in [1.54, 1.807) is 7.11 Å². The van der Waals surface area contributed by atoms with Crippen molar-refractivity contribution >= 4 is 0 Å². The predicted octanol–water partition coefficient (Wildman–Crippen LogP) is 2.70. The minimum absolute atomic E-state index is 0.303. The van der Waals surface area contributed by atoms with Crippen molar-refractivity contribution in [2.24, 2.45) is 0 Å². The Balaban J connectivity index is 1.86. The first kappa shape index (κ1) is 14.9. The second-order valence-electron chi connectivity index (χ2n) is 4.74. The highest BCUT2D eigenvalue weighted by atomic mass is 16.5. The van der Waals surface area contributed by atoms with Crippen LogP contribution in [0, 0.1) is 0 Å². The van der Waals surface area contributed by atoms with Gasteiger partial charge in [0.2, 0.25) is 0 Å². The fraction of sp³-hybridized carbons (Fsp3) is 0.500. The molecule has 1 aromatic carbocycles. The molecule has 1 atom stereocenters. The van der Waals surface area contributed by atoms with Gasteiger partial charge in [0.25, 0.3) is 0 Å². The van der Waals surface area contributed by atoms with Crippen LogP contribution in [0.3, 0.4) is 0 Å². The summed E-state index contributed by atoms with van der Waals surface area (Å²) >= 11 is 0. The van der Waals surface area contributed by atoms with Gasteiger partial charge in [0, 0.05) is 24.6 Å². The summed E-state index contributed by atoms with van der Waals surface area (Å²) in [5.41, 5.74) is 1.17. The Kier molecular flexibility index (Phi) is 5.89. The molecule has 0 saturated carbocycles. The lowest BCUT2D eigenvalue weighted by Crippen LogP contribution is -2.29. The van der Waals surface area contributed by atoms with Gasteiger partial charge in [-0.1, -0.05) is 6.08 Å². The smallest absolute Gasteiger partial charge is 0.124 e. The molecule has 0 saturated heterocycles. The van der Waals surface area contributed by atoms with E-state index in [2.05, 4.69) is 11.9 Å². The van der Waals surface area contributed by atoms with Gasteiger partial charge in [0.15, 0.2) is 0 Å². The van der Waals surface area contributed by atoms with Crippen molar-refractivity contribution < 1.29 is 14.2 Å². The Bertz CT molecular complexity index is 434. The Labute approximate surface area is 120 Å². The van der Waals surface area contributed by atoms with Gasteiger partial charge < -0.3 is 19.5 Å². The van der Waals surface area contributed by atoms with Gasteiger partial charge in [-0.15, -0.1) is 6.58 Å². The molecule has 1 unspecified atom stereocenters. The van der Waals surface area contributed by atoms with Crippen molar-refractivity contribution in [3.63, 3.8) is 0 Å². The molecule has 0 bridgehead atoms. The van der Waals surface area contributed by atoms with Crippen molar-refractivity contribution in [1.29, 1.82) is 0 Å². The monoisotopic (exact) mass is 277 g/mol. The highest BCUT2D eigenvalue weighted by Gasteiger charge is 2.21. The second-order valence-corrected chi connectivity index (χ2v) is 4.74. The number of fused-ring (bicyclic) bond motifs is 1. The van der Waals surface area contributed by atoms with Crippen LogP contribution < -0.4 is 14.8 Å². The van der Waals surface area contributed by atoms with Gasteiger partial charge in [0.1, 0.15) is 11.5 Å². The Morgan fingerprint density at radius 1 is 1.45 bits per heavy atom. The first-order valence-corrected chi connectivity index (χ1v) is 7.08. The Morgan fingerprint density at radius 2 is 2.35 bits per heavy atom. The van der Waals surface area contributed by atoms with Crippen molar-refractivity contribution in [3.05, 3.63) is 36.4 Å². The summed E-state index contributed by atoms with van der Waals surface area (Å²) in [5.74, 6) is 1.81. The van der Waals surface area contributed by atoms with E-state index in [0.717, 1.165) is 44.1 Å². The van der Waals surface area contributed by atoms with Crippen molar-refractivity contribution in [3.8, 4) is 11.5 Å². The van der Waals surface area contributed by atoms with E-state index in [1.807, 2.05) is 24.3 Å². The molecule has 1 aromatic rings. The molecule has 0 aliphatic carbocycles. The zero-order valence-corrected chi connectivity index (χ0v) is 12.1. The van der Waals surface area contributed by atoms with Crippen LogP contribution in [0.1, 0.15) is 24.4 Å². The van der Waals surface area contributed by atoms with Gasteiger partial charge in [-0.3, -0.25) is 0 Å². The summed E-state index contributed by atoms with van der Waals surface area (Å²) in [7, 11) is 1.68. The first-order valence-electron chi connectivity index (χ1n) is 7.08. The standard InChI is InChI=1S/C16H23NO3/c1-3-4-9-19-11-8-17-15-7-10-20-16-6-5-13(18-2)12-14(15)16/h3,5-6,12,15,17H,1,4,7-11H2,2H3. The molecule has 1 N–H and O–H groups in total. The quantitative estimate of drug-likeness (QED) is 0.586. The molecular weight excluding hydrogens is 254 g/mol. The van der Waals surface area contributed by atoms with Gasteiger partial charge in [-0.25, -0.2) is 0 Å². The summed E-state index contributed by atoms with van der Waals surface area (Å²) < 4.78 is 16.5. The second kappa shape index (κ2) is 7.92. The lowest BCUT2D eigenvalue weighted by atomic mass is 10.0. The van der Waals surface area contributed by atoms with E-state index in [1.165, 1.54) is 5.56 Å². The number of methoxy groups -OCH3 is 1. The maximum absolute atomic E-state index is 5.67. The SMILES string of the molecule is C=CCCOCCNC1CCOc2ccc(OC)cc21. The third kappa shape index (κ3) is 3.99. The van der Waals surface area contributed by atoms with E-state index in [9.17, 15) is 0 Å². The van der Waals surface area contributed by atoms with Crippen LogP contribution in [0.2, 0.25) is 0 Å². The summed E-state index contributed by atoms with van der Waals surface area (Å²) in [6, 6.07) is 6.25. The van der Waals surface area contributed by atoms with E-state index >= 15 is 0 Å². The van der Waals surface area contributed by atoms with E-state index in [4.69, 9.17) is 14.2 Å². The number of ether oxygens (including phenoxy) is 3. The van der Waals surface area contributed by atoms with Gasteiger partial charge in [-0.2, -0.15) is 0 Å². The molecule has 1 heterocycles. The molecule has 4 heteroatoms. The Hall–Kier alpha value is -1.52. The number of hydrogen-bond donors (Lipinski definition) is 1. The zero-order chi connectivity index (χ0) is 14.2. The molecule has 0 aromatic heterocycles. The molecule has 0 spiro atoms. The van der Waals surface area contributed by atoms with Crippen molar-refractivity contribution in [2.75, 3.05) is 33.5 Å². The van der Waals surface area contributed by atoms with Crippen LogP contribution in [0.5, 0.6) is 11.5 Å². The van der Waals surface area contributed by atoms with Gasteiger partial charge in [-0.05, 0) is 24.6 Å². The fourth-order valence-electron chi connectivity index (χ4n) is 2.29. The third-order valence-corrected chi connectivity index (χ3v) is 3.36. The van der Waals surface area contributed by atoms with Crippen LogP contribution >= 0.6 is 0 Å². The molecule has 0 radical (unpaired) electrons. The molecular formula is C16H23NO3. The normalized spacial score (nSPS) is 17.1. The van der Waals surface area contributed by atoms with Crippen LogP contribution in [0.4, 0.5) is 0 Å². The zero-order valence-electron chi connectivity index (χ0n) is 12.1. The number of rotatable bonds is 8. The average molecular weight is 277 g/mol. The highest BCUT2D eigenvalue weighted by Crippen LogP contribution is 2.34. The maximum Gasteiger partial charge on any atom is 0.124 e. The number of nitrogens with one attached hydrogen (secondary N) is 1. The largest absolute Gasteiger partial charge is 0.497 e. The number of benzene rings is 1.